The summed E-state index contributed by atoms with van der Waals surface area (Å²) in [7, 11) is 0. The Morgan fingerprint density at radius 2 is 2.00 bits per heavy atom. The summed E-state index contributed by atoms with van der Waals surface area (Å²) >= 11 is 0. The summed E-state index contributed by atoms with van der Waals surface area (Å²) < 4.78 is 0. The van der Waals surface area contributed by atoms with Crippen molar-refractivity contribution in [2.45, 2.75) is 12.8 Å². The van der Waals surface area contributed by atoms with Gasteiger partial charge in [-0.25, -0.2) is 0 Å². The van der Waals surface area contributed by atoms with Gasteiger partial charge in [-0.1, -0.05) is 18.2 Å². The number of primary amides is 1. The number of likely N-dealkylation sites (tertiary alicyclic amines) is 1. The highest BCUT2D eigenvalue weighted by molar-refractivity contribution is 5.88. The summed E-state index contributed by atoms with van der Waals surface area (Å²) in [6, 6.07) is 8.38. The fourth-order valence-electron chi connectivity index (χ4n) is 3.06. The number of hydrogen-bond donors (Lipinski definition) is 1. The molecule has 1 saturated heterocycles. The van der Waals surface area contributed by atoms with Crippen LogP contribution in [-0.2, 0) is 16.0 Å². The molecule has 0 bridgehead atoms. The van der Waals surface area contributed by atoms with Crippen LogP contribution in [-0.4, -0.2) is 42.9 Å². The van der Waals surface area contributed by atoms with E-state index in [1.54, 1.807) is 4.90 Å². The van der Waals surface area contributed by atoms with Crippen LogP contribution in [0, 0.1) is 5.92 Å². The van der Waals surface area contributed by atoms with Crippen molar-refractivity contribution in [3.63, 3.8) is 0 Å². The molecular formula is C15H19N3O2. The van der Waals surface area contributed by atoms with Gasteiger partial charge >= 0.3 is 0 Å². The molecule has 3 rings (SSSR count). The van der Waals surface area contributed by atoms with E-state index in [1.807, 2.05) is 6.07 Å². The summed E-state index contributed by atoms with van der Waals surface area (Å²) in [4.78, 5) is 27.1. The van der Waals surface area contributed by atoms with Crippen molar-refractivity contribution in [1.29, 1.82) is 0 Å². The minimum absolute atomic E-state index is 0.0429. The van der Waals surface area contributed by atoms with Crippen molar-refractivity contribution in [2.24, 2.45) is 11.7 Å². The number of fused-ring (bicyclic) bond motifs is 1. The molecule has 5 nitrogen and oxygen atoms in total. The molecule has 2 aliphatic rings. The van der Waals surface area contributed by atoms with Crippen molar-refractivity contribution >= 4 is 17.5 Å². The quantitative estimate of drug-likeness (QED) is 0.862. The van der Waals surface area contributed by atoms with Crippen LogP contribution in [0.5, 0.6) is 0 Å². The molecule has 1 aromatic rings. The zero-order chi connectivity index (χ0) is 14.1. The highest BCUT2D eigenvalue weighted by Crippen LogP contribution is 2.27. The van der Waals surface area contributed by atoms with E-state index in [0.29, 0.717) is 13.1 Å². The molecule has 1 unspecified atom stereocenters. The average Bonchev–Trinajstić information content (AvgIpc) is 3.00. The molecular weight excluding hydrogens is 254 g/mol. The third kappa shape index (κ3) is 2.35. The van der Waals surface area contributed by atoms with Gasteiger partial charge in [0.1, 0.15) is 0 Å². The lowest BCUT2D eigenvalue weighted by atomic mass is 10.1. The van der Waals surface area contributed by atoms with Crippen molar-refractivity contribution in [3.05, 3.63) is 29.8 Å². The molecule has 20 heavy (non-hydrogen) atoms. The number of nitrogens with two attached hydrogens (primary N) is 1. The maximum Gasteiger partial charge on any atom is 0.223 e. The summed E-state index contributed by atoms with van der Waals surface area (Å²) in [5.74, 6) is -0.637. The van der Waals surface area contributed by atoms with E-state index >= 15 is 0 Å². The van der Waals surface area contributed by atoms with Crippen LogP contribution in [0.4, 0.5) is 5.69 Å². The van der Waals surface area contributed by atoms with Crippen LogP contribution >= 0.6 is 0 Å². The molecule has 0 aliphatic carbocycles. The molecule has 5 heteroatoms. The van der Waals surface area contributed by atoms with Gasteiger partial charge in [-0.2, -0.15) is 0 Å². The predicted octanol–water partition coefficient (Wildman–Crippen LogP) is 0.383. The molecule has 2 N–H and O–H groups in total. The van der Waals surface area contributed by atoms with Gasteiger partial charge in [0, 0.05) is 38.3 Å². The number of amides is 2. The molecule has 2 heterocycles. The number of carbonyl (C=O) groups is 2. The van der Waals surface area contributed by atoms with Crippen molar-refractivity contribution in [2.75, 3.05) is 31.1 Å². The zero-order valence-corrected chi connectivity index (χ0v) is 11.4. The number of carbonyl (C=O) groups excluding carboxylic acids is 2. The lowest BCUT2D eigenvalue weighted by molar-refractivity contribution is -0.128. The summed E-state index contributed by atoms with van der Waals surface area (Å²) in [5, 5.41) is 0. The van der Waals surface area contributed by atoms with E-state index in [-0.39, 0.29) is 24.2 Å². The van der Waals surface area contributed by atoms with Gasteiger partial charge in [-0.05, 0) is 18.1 Å². The van der Waals surface area contributed by atoms with Crippen LogP contribution in [0.3, 0.4) is 0 Å². The maximum atomic E-state index is 11.8. The second-order valence-electron chi connectivity index (χ2n) is 5.51. The van der Waals surface area contributed by atoms with Crippen LogP contribution < -0.4 is 10.6 Å². The summed E-state index contributed by atoms with van der Waals surface area (Å²) in [6.07, 6.45) is 1.33. The molecule has 0 spiro atoms. The second-order valence-corrected chi connectivity index (χ2v) is 5.51. The topological polar surface area (TPSA) is 66.6 Å². The predicted molar refractivity (Wildman–Crippen MR) is 76.2 cm³/mol. The van der Waals surface area contributed by atoms with Gasteiger partial charge in [0.25, 0.3) is 0 Å². The number of benzene rings is 1. The van der Waals surface area contributed by atoms with Crippen LogP contribution in [0.15, 0.2) is 24.3 Å². The number of nitrogens with zero attached hydrogens (tertiary/aromatic N) is 2. The van der Waals surface area contributed by atoms with E-state index in [0.717, 1.165) is 19.5 Å². The first kappa shape index (κ1) is 13.0. The Bertz CT molecular complexity index is 544. The molecule has 2 amide bonds. The van der Waals surface area contributed by atoms with Crippen LogP contribution in [0.25, 0.3) is 0 Å². The maximum absolute atomic E-state index is 11.8. The molecule has 1 atom stereocenters. The number of hydrogen-bond acceptors (Lipinski definition) is 3. The van der Waals surface area contributed by atoms with E-state index in [1.165, 1.54) is 11.3 Å². The summed E-state index contributed by atoms with van der Waals surface area (Å²) in [5.41, 5.74) is 7.92. The Hall–Kier alpha value is -2.04. The minimum atomic E-state index is -0.368. The van der Waals surface area contributed by atoms with Gasteiger partial charge < -0.3 is 15.5 Å². The van der Waals surface area contributed by atoms with Crippen molar-refractivity contribution in [3.8, 4) is 0 Å². The number of anilines is 1. The smallest absolute Gasteiger partial charge is 0.223 e. The Kier molecular flexibility index (Phi) is 3.34. The zero-order valence-electron chi connectivity index (χ0n) is 11.4. The molecule has 0 radical (unpaired) electrons. The van der Waals surface area contributed by atoms with E-state index in [9.17, 15) is 9.59 Å². The Labute approximate surface area is 118 Å². The summed E-state index contributed by atoms with van der Waals surface area (Å²) in [6.45, 7) is 2.95. The third-order valence-corrected chi connectivity index (χ3v) is 4.24. The van der Waals surface area contributed by atoms with Gasteiger partial charge in [0.15, 0.2) is 0 Å². The molecule has 0 aromatic heterocycles. The van der Waals surface area contributed by atoms with Gasteiger partial charge in [0.2, 0.25) is 11.8 Å². The second kappa shape index (κ2) is 5.15. The molecule has 0 saturated carbocycles. The van der Waals surface area contributed by atoms with Crippen LogP contribution in [0.2, 0.25) is 0 Å². The van der Waals surface area contributed by atoms with Crippen LogP contribution in [0.1, 0.15) is 12.0 Å². The average molecular weight is 273 g/mol. The van der Waals surface area contributed by atoms with E-state index in [2.05, 4.69) is 23.1 Å². The lowest BCUT2D eigenvalue weighted by Crippen LogP contribution is -2.36. The fraction of sp³-hybridized carbons (Fsp3) is 0.467. The van der Waals surface area contributed by atoms with Gasteiger partial charge in [-0.3, -0.25) is 9.59 Å². The van der Waals surface area contributed by atoms with E-state index < -0.39 is 0 Å². The molecule has 1 aromatic carbocycles. The standard InChI is InChI=1S/C15H19N3O2/c16-15(20)12-9-14(19)18(10-12)8-7-17-6-5-11-3-1-2-4-13(11)17/h1-4,12H,5-10H2,(H2,16,20). The Morgan fingerprint density at radius 1 is 1.25 bits per heavy atom. The minimum Gasteiger partial charge on any atom is -0.369 e. The molecule has 2 aliphatic heterocycles. The first-order valence-electron chi connectivity index (χ1n) is 7.05. The Balaban J connectivity index is 1.59. The normalized spacial score (nSPS) is 21.4. The highest BCUT2D eigenvalue weighted by Gasteiger charge is 2.33. The van der Waals surface area contributed by atoms with E-state index in [4.69, 9.17) is 5.73 Å². The largest absolute Gasteiger partial charge is 0.369 e. The van der Waals surface area contributed by atoms with Crippen molar-refractivity contribution in [1.82, 2.24) is 4.90 Å². The van der Waals surface area contributed by atoms with Crippen molar-refractivity contribution < 1.29 is 9.59 Å². The number of para-hydroxylation sites is 1. The molecule has 106 valence electrons. The van der Waals surface area contributed by atoms with Gasteiger partial charge in [0.05, 0.1) is 5.92 Å². The lowest BCUT2D eigenvalue weighted by Gasteiger charge is -2.23. The highest BCUT2D eigenvalue weighted by atomic mass is 16.2. The monoisotopic (exact) mass is 273 g/mol. The fourth-order valence-corrected chi connectivity index (χ4v) is 3.06. The first-order valence-corrected chi connectivity index (χ1v) is 7.05. The molecule has 1 fully saturated rings. The Morgan fingerprint density at radius 3 is 2.75 bits per heavy atom. The first-order chi connectivity index (χ1) is 9.65. The third-order valence-electron chi connectivity index (χ3n) is 4.24. The number of rotatable bonds is 4. The SMILES string of the molecule is NC(=O)C1CC(=O)N(CCN2CCc3ccccc32)C1. The van der Waals surface area contributed by atoms with Gasteiger partial charge in [-0.15, -0.1) is 0 Å².